The zero-order valence-electron chi connectivity index (χ0n) is 27.8. The van der Waals surface area contributed by atoms with Crippen LogP contribution < -0.4 is 20.3 Å². The molecular weight excluding hydrogens is 683 g/mol. The van der Waals surface area contributed by atoms with Gasteiger partial charge in [-0.3, -0.25) is 19.3 Å². The summed E-state index contributed by atoms with van der Waals surface area (Å²) in [5.41, 5.74) is 0.667. The van der Waals surface area contributed by atoms with Gasteiger partial charge < -0.3 is 20.5 Å². The Morgan fingerprint density at radius 1 is 0.980 bits per heavy atom. The Labute approximate surface area is 297 Å². The Morgan fingerprint density at radius 3 is 2.43 bits per heavy atom. The fourth-order valence-corrected chi connectivity index (χ4v) is 6.84. The quantitative estimate of drug-likeness (QED) is 0.157. The number of hydrogen-bond donors (Lipinski definition) is 3. The van der Waals surface area contributed by atoms with Crippen LogP contribution in [0.15, 0.2) is 102 Å². The molecule has 12 heteroatoms. The number of hydrogen-bond acceptors (Lipinski definition) is 6. The van der Waals surface area contributed by atoms with Gasteiger partial charge in [0.2, 0.25) is 11.8 Å². The lowest BCUT2D eigenvalue weighted by molar-refractivity contribution is -0.137. The molecule has 0 aromatic heterocycles. The van der Waals surface area contributed by atoms with Crippen molar-refractivity contribution < 1.29 is 37.4 Å². The second-order valence-corrected chi connectivity index (χ2v) is 13.8. The summed E-state index contributed by atoms with van der Waals surface area (Å²) < 4.78 is 46.7. The van der Waals surface area contributed by atoms with Crippen LogP contribution in [0.3, 0.4) is 0 Å². The minimum absolute atomic E-state index is 0.172. The van der Waals surface area contributed by atoms with Crippen molar-refractivity contribution in [3.63, 3.8) is 0 Å². The van der Waals surface area contributed by atoms with Crippen LogP contribution in [0.2, 0.25) is 5.02 Å². The van der Waals surface area contributed by atoms with Crippen molar-refractivity contribution in [3.05, 3.63) is 124 Å². The van der Waals surface area contributed by atoms with Crippen LogP contribution in [-0.4, -0.2) is 22.7 Å². The van der Waals surface area contributed by atoms with Crippen LogP contribution in [0, 0.1) is 5.41 Å². The second kappa shape index (κ2) is 14.1. The number of para-hydroxylation sites is 2. The first-order chi connectivity index (χ1) is 24.2. The summed E-state index contributed by atoms with van der Waals surface area (Å²) in [4.78, 5) is 42.8. The van der Waals surface area contributed by atoms with Crippen molar-refractivity contribution in [3.8, 4) is 11.5 Å². The Morgan fingerprint density at radius 2 is 1.71 bits per heavy atom. The maximum absolute atomic E-state index is 14.4. The molecular formula is C39H35ClF3N3O5. The molecule has 1 unspecified atom stereocenters. The first-order valence-corrected chi connectivity index (χ1v) is 16.7. The number of fused-ring (bicyclic) bond motifs is 1. The lowest BCUT2D eigenvalue weighted by atomic mass is 9.73. The molecule has 4 aromatic rings. The molecule has 51 heavy (non-hydrogen) atoms. The third-order valence-electron chi connectivity index (χ3n) is 8.86. The number of ether oxygens (including phenoxy) is 1. The van der Waals surface area contributed by atoms with Crippen LogP contribution in [-0.2, 0) is 27.2 Å². The number of allylic oxidation sites excluding steroid dienone is 1. The van der Waals surface area contributed by atoms with E-state index in [-0.39, 0.29) is 46.5 Å². The van der Waals surface area contributed by atoms with Gasteiger partial charge in [0, 0.05) is 35.6 Å². The number of alkyl halides is 3. The monoisotopic (exact) mass is 717 g/mol. The van der Waals surface area contributed by atoms with Gasteiger partial charge in [-0.05, 0) is 59.4 Å². The number of amides is 2. The molecule has 0 fully saturated rings. The zero-order chi connectivity index (χ0) is 36.5. The average Bonchev–Trinajstić information content (AvgIpc) is 3.21. The summed E-state index contributed by atoms with van der Waals surface area (Å²) in [6, 6.07) is 22.6. The zero-order valence-corrected chi connectivity index (χ0v) is 28.6. The van der Waals surface area contributed by atoms with Crippen LogP contribution in [0.1, 0.15) is 62.3 Å². The number of phenols is 1. The van der Waals surface area contributed by atoms with Crippen molar-refractivity contribution in [2.24, 2.45) is 5.41 Å². The standard InChI is InChI=1S/C39H35ClF3N3O5/c1-38(2)20-29-35(32(48)21-38)37(25-16-15-24(19-27(25)40)51-22-23-9-4-3-5-10-23)46(30-13-8-14-31(47)36(30)45-29)34(50)18-17-33(49)44-28-12-7-6-11-26(28)39(41,42)43/h3-16,19,37,45,47H,17-18,20-22H2,1-2H3,(H,44,49). The lowest BCUT2D eigenvalue weighted by Gasteiger charge is -2.37. The molecule has 6 rings (SSSR count). The van der Waals surface area contributed by atoms with Crippen molar-refractivity contribution >= 4 is 46.3 Å². The van der Waals surface area contributed by atoms with Crippen molar-refractivity contribution in [1.82, 2.24) is 0 Å². The van der Waals surface area contributed by atoms with Crippen LogP contribution in [0.25, 0.3) is 0 Å². The molecule has 264 valence electrons. The van der Waals surface area contributed by atoms with E-state index in [1.54, 1.807) is 30.3 Å². The van der Waals surface area contributed by atoms with Gasteiger partial charge in [0.15, 0.2) is 5.78 Å². The predicted molar refractivity (Wildman–Crippen MR) is 189 cm³/mol. The predicted octanol–water partition coefficient (Wildman–Crippen LogP) is 9.21. The van der Waals surface area contributed by atoms with Gasteiger partial charge in [0.05, 0.1) is 23.0 Å². The lowest BCUT2D eigenvalue weighted by Crippen LogP contribution is -2.40. The number of Topliss-reactive ketones (excluding diaryl/α,β-unsaturated/α-hetero) is 1. The molecule has 3 N–H and O–H groups in total. The van der Waals surface area contributed by atoms with Crippen LogP contribution in [0.4, 0.5) is 30.2 Å². The van der Waals surface area contributed by atoms with E-state index >= 15 is 0 Å². The first kappa shape index (κ1) is 35.5. The number of aromatic hydroxyl groups is 1. The van der Waals surface area contributed by atoms with Crippen LogP contribution in [0.5, 0.6) is 11.5 Å². The molecule has 0 bridgehead atoms. The fourth-order valence-electron chi connectivity index (χ4n) is 6.57. The number of halogens is 4. The van der Waals surface area contributed by atoms with E-state index in [0.717, 1.165) is 17.7 Å². The largest absolute Gasteiger partial charge is 0.506 e. The Hall–Kier alpha value is -5.29. The molecule has 0 saturated carbocycles. The summed E-state index contributed by atoms with van der Waals surface area (Å²) in [5, 5.41) is 16.8. The number of phenolic OH excluding ortho intramolecular Hbond substituents is 1. The number of benzene rings is 4. The van der Waals surface area contributed by atoms with E-state index in [9.17, 15) is 32.7 Å². The number of nitrogens with zero attached hydrogens (tertiary/aromatic N) is 1. The molecule has 2 amide bonds. The summed E-state index contributed by atoms with van der Waals surface area (Å²) >= 11 is 6.95. The van der Waals surface area contributed by atoms with E-state index in [2.05, 4.69) is 10.6 Å². The topological polar surface area (TPSA) is 108 Å². The van der Waals surface area contributed by atoms with Crippen molar-refractivity contribution in [2.75, 3.05) is 15.5 Å². The molecule has 0 radical (unpaired) electrons. The minimum Gasteiger partial charge on any atom is -0.506 e. The summed E-state index contributed by atoms with van der Waals surface area (Å²) in [5.74, 6) is -1.39. The highest BCUT2D eigenvalue weighted by atomic mass is 35.5. The number of ketones is 1. The summed E-state index contributed by atoms with van der Waals surface area (Å²) in [6.07, 6.45) is -5.03. The fraction of sp³-hybridized carbons (Fsp3) is 0.256. The van der Waals surface area contributed by atoms with E-state index in [0.29, 0.717) is 23.4 Å². The maximum atomic E-state index is 14.4. The number of rotatable bonds is 8. The van der Waals surface area contributed by atoms with Crippen molar-refractivity contribution in [2.45, 2.75) is 58.4 Å². The van der Waals surface area contributed by atoms with Crippen LogP contribution >= 0.6 is 11.6 Å². The normalized spacial score (nSPS) is 16.8. The first-order valence-electron chi connectivity index (χ1n) is 16.3. The van der Waals surface area contributed by atoms with E-state index in [1.165, 1.54) is 23.1 Å². The van der Waals surface area contributed by atoms with Gasteiger partial charge in [-0.15, -0.1) is 0 Å². The Balaban J connectivity index is 1.38. The highest BCUT2D eigenvalue weighted by Gasteiger charge is 2.44. The SMILES string of the molecule is CC1(C)CC(=O)C2=C(C1)Nc1c(O)cccc1N(C(=O)CCC(=O)Nc1ccccc1C(F)(F)F)C2c1ccc(OCc2ccccc2)cc1Cl. The van der Waals surface area contributed by atoms with E-state index in [1.807, 2.05) is 44.2 Å². The maximum Gasteiger partial charge on any atom is 0.418 e. The molecule has 2 aliphatic rings. The minimum atomic E-state index is -4.70. The molecule has 1 heterocycles. The number of carbonyl (C=O) groups is 3. The third-order valence-corrected chi connectivity index (χ3v) is 9.19. The molecule has 1 aliphatic heterocycles. The highest BCUT2D eigenvalue weighted by Crippen LogP contribution is 2.51. The molecule has 4 aromatic carbocycles. The van der Waals surface area contributed by atoms with Gasteiger partial charge >= 0.3 is 6.18 Å². The van der Waals surface area contributed by atoms with E-state index in [4.69, 9.17) is 16.3 Å². The number of anilines is 3. The summed E-state index contributed by atoms with van der Waals surface area (Å²) in [7, 11) is 0. The molecule has 0 saturated heterocycles. The molecule has 8 nitrogen and oxygen atoms in total. The Bertz CT molecular complexity index is 2030. The highest BCUT2D eigenvalue weighted by molar-refractivity contribution is 6.31. The molecule has 0 spiro atoms. The number of carbonyl (C=O) groups excluding carboxylic acids is 3. The third kappa shape index (κ3) is 7.73. The van der Waals surface area contributed by atoms with Gasteiger partial charge in [0.25, 0.3) is 0 Å². The summed E-state index contributed by atoms with van der Waals surface area (Å²) in [6.45, 7) is 4.18. The van der Waals surface area contributed by atoms with Crippen molar-refractivity contribution in [1.29, 1.82) is 0 Å². The van der Waals surface area contributed by atoms with Gasteiger partial charge in [-0.25, -0.2) is 0 Å². The second-order valence-electron chi connectivity index (χ2n) is 13.3. The van der Waals surface area contributed by atoms with Gasteiger partial charge in [-0.1, -0.05) is 80.0 Å². The molecule has 1 atom stereocenters. The average molecular weight is 718 g/mol. The smallest absolute Gasteiger partial charge is 0.418 e. The van der Waals surface area contributed by atoms with Gasteiger partial charge in [0.1, 0.15) is 23.8 Å². The number of nitrogens with one attached hydrogen (secondary N) is 2. The molecule has 1 aliphatic carbocycles. The van der Waals surface area contributed by atoms with Gasteiger partial charge in [-0.2, -0.15) is 13.2 Å². The Kier molecular flexibility index (Phi) is 9.86. The van der Waals surface area contributed by atoms with E-state index < -0.39 is 53.5 Å².